The van der Waals surface area contributed by atoms with E-state index in [9.17, 15) is 5.11 Å². The lowest BCUT2D eigenvalue weighted by atomic mass is 9.90. The smallest absolute Gasteiger partial charge is 0.0795 e. The average molecular weight is 276 g/mol. The Morgan fingerprint density at radius 1 is 1.25 bits per heavy atom. The third-order valence-electron chi connectivity index (χ3n) is 4.68. The molecule has 0 spiro atoms. The fourth-order valence-corrected chi connectivity index (χ4v) is 3.15. The summed E-state index contributed by atoms with van der Waals surface area (Å²) in [5, 5.41) is 13.4. The van der Waals surface area contributed by atoms with E-state index in [1.807, 2.05) is 25.2 Å². The van der Waals surface area contributed by atoms with E-state index in [-0.39, 0.29) is 12.1 Å². The Kier molecular flexibility index (Phi) is 5.58. The predicted molar refractivity (Wildman–Crippen MR) is 83.7 cm³/mol. The molecule has 2 N–H and O–H groups in total. The molecule has 1 aliphatic rings. The molecule has 1 aromatic carbocycles. The van der Waals surface area contributed by atoms with E-state index in [2.05, 4.69) is 29.3 Å². The van der Waals surface area contributed by atoms with Gasteiger partial charge in [-0.15, -0.1) is 0 Å². The SMILES string of the molecule is CNC(CO)(CN1CCCC(C)CC1)c1ccccc1. The van der Waals surface area contributed by atoms with Gasteiger partial charge in [-0.1, -0.05) is 37.3 Å². The molecule has 1 saturated heterocycles. The van der Waals surface area contributed by atoms with Gasteiger partial charge in [-0.05, 0) is 50.9 Å². The molecule has 1 heterocycles. The molecule has 112 valence electrons. The Labute approximate surface area is 123 Å². The van der Waals surface area contributed by atoms with E-state index in [0.717, 1.165) is 25.6 Å². The van der Waals surface area contributed by atoms with Crippen LogP contribution in [0.5, 0.6) is 0 Å². The first-order valence-electron chi connectivity index (χ1n) is 7.78. The predicted octanol–water partition coefficient (Wildman–Crippen LogP) is 2.22. The lowest BCUT2D eigenvalue weighted by Gasteiger charge is -2.37. The van der Waals surface area contributed by atoms with Crippen LogP contribution in [0.2, 0.25) is 0 Å². The van der Waals surface area contributed by atoms with Gasteiger partial charge in [0.1, 0.15) is 0 Å². The minimum atomic E-state index is -0.352. The molecule has 0 bridgehead atoms. The first-order chi connectivity index (χ1) is 9.70. The van der Waals surface area contributed by atoms with E-state index in [1.165, 1.54) is 24.8 Å². The van der Waals surface area contributed by atoms with E-state index >= 15 is 0 Å². The summed E-state index contributed by atoms with van der Waals surface area (Å²) in [7, 11) is 1.95. The molecule has 0 aromatic heterocycles. The average Bonchev–Trinajstić information content (AvgIpc) is 2.70. The highest BCUT2D eigenvalue weighted by Gasteiger charge is 2.32. The molecular formula is C17H28N2O. The van der Waals surface area contributed by atoms with Crippen LogP contribution >= 0.6 is 0 Å². The van der Waals surface area contributed by atoms with Crippen LogP contribution in [0.15, 0.2) is 30.3 Å². The summed E-state index contributed by atoms with van der Waals surface area (Å²) in [6.07, 6.45) is 3.86. The summed E-state index contributed by atoms with van der Waals surface area (Å²) >= 11 is 0. The number of aliphatic hydroxyl groups excluding tert-OH is 1. The number of hydrogen-bond donors (Lipinski definition) is 2. The van der Waals surface area contributed by atoms with Gasteiger partial charge in [0.25, 0.3) is 0 Å². The molecule has 2 unspecified atom stereocenters. The van der Waals surface area contributed by atoms with Crippen molar-refractivity contribution in [1.29, 1.82) is 0 Å². The summed E-state index contributed by atoms with van der Waals surface area (Å²) in [6, 6.07) is 10.3. The highest BCUT2D eigenvalue weighted by Crippen LogP contribution is 2.24. The maximum absolute atomic E-state index is 9.99. The summed E-state index contributed by atoms with van der Waals surface area (Å²) in [6.45, 7) is 5.62. The molecule has 0 aliphatic carbocycles. The van der Waals surface area contributed by atoms with Gasteiger partial charge < -0.3 is 15.3 Å². The molecule has 1 aliphatic heterocycles. The number of nitrogens with zero attached hydrogens (tertiary/aromatic N) is 1. The second-order valence-corrected chi connectivity index (χ2v) is 6.17. The van der Waals surface area contributed by atoms with E-state index in [1.54, 1.807) is 0 Å². The highest BCUT2D eigenvalue weighted by atomic mass is 16.3. The van der Waals surface area contributed by atoms with Gasteiger partial charge in [-0.3, -0.25) is 0 Å². The van der Waals surface area contributed by atoms with E-state index < -0.39 is 0 Å². The number of likely N-dealkylation sites (N-methyl/N-ethyl adjacent to an activating group) is 1. The molecule has 3 heteroatoms. The Bertz CT molecular complexity index is 389. The normalized spacial score (nSPS) is 24.1. The van der Waals surface area contributed by atoms with E-state index in [0.29, 0.717) is 0 Å². The minimum absolute atomic E-state index is 0.125. The Hall–Kier alpha value is -0.900. The van der Waals surface area contributed by atoms with Crippen molar-refractivity contribution in [3.8, 4) is 0 Å². The molecule has 3 nitrogen and oxygen atoms in total. The van der Waals surface area contributed by atoms with Crippen LogP contribution in [-0.4, -0.2) is 43.3 Å². The lowest BCUT2D eigenvalue weighted by molar-refractivity contribution is 0.114. The second kappa shape index (κ2) is 7.21. The first kappa shape index (κ1) is 15.5. The topological polar surface area (TPSA) is 35.5 Å². The molecule has 2 rings (SSSR count). The number of likely N-dealkylation sites (tertiary alicyclic amines) is 1. The van der Waals surface area contributed by atoms with Crippen molar-refractivity contribution in [3.63, 3.8) is 0 Å². The van der Waals surface area contributed by atoms with Crippen molar-refractivity contribution in [2.24, 2.45) is 5.92 Å². The molecule has 1 aromatic rings. The lowest BCUT2D eigenvalue weighted by Crippen LogP contribution is -2.52. The largest absolute Gasteiger partial charge is 0.394 e. The van der Waals surface area contributed by atoms with Crippen LogP contribution in [0.25, 0.3) is 0 Å². The highest BCUT2D eigenvalue weighted by molar-refractivity contribution is 5.25. The summed E-state index contributed by atoms with van der Waals surface area (Å²) in [4.78, 5) is 2.50. The van der Waals surface area contributed by atoms with Crippen LogP contribution in [0.1, 0.15) is 31.7 Å². The zero-order valence-corrected chi connectivity index (χ0v) is 12.8. The minimum Gasteiger partial charge on any atom is -0.394 e. The number of rotatable bonds is 5. The van der Waals surface area contributed by atoms with Crippen molar-refractivity contribution in [2.75, 3.05) is 33.3 Å². The Morgan fingerprint density at radius 3 is 2.65 bits per heavy atom. The van der Waals surface area contributed by atoms with Gasteiger partial charge in [-0.2, -0.15) is 0 Å². The monoisotopic (exact) mass is 276 g/mol. The first-order valence-corrected chi connectivity index (χ1v) is 7.78. The van der Waals surface area contributed by atoms with Crippen LogP contribution in [0, 0.1) is 5.92 Å². The van der Waals surface area contributed by atoms with Gasteiger partial charge in [0.15, 0.2) is 0 Å². The zero-order valence-electron chi connectivity index (χ0n) is 12.8. The summed E-state index contributed by atoms with van der Waals surface area (Å²) in [5.41, 5.74) is 0.816. The van der Waals surface area contributed by atoms with Crippen molar-refractivity contribution in [3.05, 3.63) is 35.9 Å². The fraction of sp³-hybridized carbons (Fsp3) is 0.647. The van der Waals surface area contributed by atoms with E-state index in [4.69, 9.17) is 0 Å². The molecule has 20 heavy (non-hydrogen) atoms. The van der Waals surface area contributed by atoms with Crippen LogP contribution in [-0.2, 0) is 5.54 Å². The number of aliphatic hydroxyl groups is 1. The van der Waals surface area contributed by atoms with Gasteiger partial charge in [0, 0.05) is 6.54 Å². The quantitative estimate of drug-likeness (QED) is 0.865. The second-order valence-electron chi connectivity index (χ2n) is 6.17. The molecule has 0 radical (unpaired) electrons. The molecule has 1 fully saturated rings. The van der Waals surface area contributed by atoms with Crippen molar-refractivity contribution in [2.45, 2.75) is 31.7 Å². The number of nitrogens with one attached hydrogen (secondary N) is 1. The van der Waals surface area contributed by atoms with Crippen LogP contribution in [0.4, 0.5) is 0 Å². The Morgan fingerprint density at radius 2 is 2.00 bits per heavy atom. The number of hydrogen-bond acceptors (Lipinski definition) is 3. The van der Waals surface area contributed by atoms with Crippen LogP contribution in [0.3, 0.4) is 0 Å². The molecule has 0 amide bonds. The molecule has 2 atom stereocenters. The zero-order chi connectivity index (χ0) is 14.4. The fourth-order valence-electron chi connectivity index (χ4n) is 3.15. The standard InChI is InChI=1S/C17H28N2O/c1-15-7-6-11-19(12-10-15)13-17(14-20,18-2)16-8-4-3-5-9-16/h3-5,8-9,15,18,20H,6-7,10-14H2,1-2H3. The van der Waals surface area contributed by atoms with Gasteiger partial charge in [-0.25, -0.2) is 0 Å². The van der Waals surface area contributed by atoms with Crippen molar-refractivity contribution < 1.29 is 5.11 Å². The van der Waals surface area contributed by atoms with Crippen molar-refractivity contribution >= 4 is 0 Å². The van der Waals surface area contributed by atoms with Crippen molar-refractivity contribution in [1.82, 2.24) is 10.2 Å². The van der Waals surface area contributed by atoms with Gasteiger partial charge >= 0.3 is 0 Å². The van der Waals surface area contributed by atoms with Gasteiger partial charge in [0.05, 0.1) is 12.1 Å². The molecular weight excluding hydrogens is 248 g/mol. The Balaban J connectivity index is 2.12. The van der Waals surface area contributed by atoms with Gasteiger partial charge in [0.2, 0.25) is 0 Å². The summed E-state index contributed by atoms with van der Waals surface area (Å²) < 4.78 is 0. The van der Waals surface area contributed by atoms with Crippen LogP contribution < -0.4 is 5.32 Å². The summed E-state index contributed by atoms with van der Waals surface area (Å²) in [5.74, 6) is 0.829. The third kappa shape index (κ3) is 3.60. The third-order valence-corrected chi connectivity index (χ3v) is 4.68. The number of benzene rings is 1. The molecule has 0 saturated carbocycles. The maximum Gasteiger partial charge on any atom is 0.0795 e. The maximum atomic E-state index is 9.99.